The summed E-state index contributed by atoms with van der Waals surface area (Å²) in [5.41, 5.74) is 10.4. The highest BCUT2D eigenvalue weighted by molar-refractivity contribution is 5.51. The van der Waals surface area contributed by atoms with Crippen LogP contribution in [0.4, 0.5) is 0 Å². The van der Waals surface area contributed by atoms with Crippen molar-refractivity contribution in [2.45, 2.75) is 20.3 Å². The first kappa shape index (κ1) is 14.5. The van der Waals surface area contributed by atoms with Gasteiger partial charge in [-0.2, -0.15) is 0 Å². The molecular weight excluding hydrogens is 252 g/mol. The fourth-order valence-corrected chi connectivity index (χ4v) is 2.60. The van der Waals surface area contributed by atoms with Gasteiger partial charge in [-0.1, -0.05) is 0 Å². The monoisotopic (exact) mass is 274 g/mol. The van der Waals surface area contributed by atoms with E-state index in [9.17, 15) is 0 Å². The number of nitrogens with zero attached hydrogens (tertiary/aromatic N) is 1. The average Bonchev–Trinajstić information content (AvgIpc) is 2.73. The van der Waals surface area contributed by atoms with E-state index in [-0.39, 0.29) is 0 Å². The number of hydrogen-bond acceptors (Lipinski definition) is 3. The third kappa shape index (κ3) is 2.51. The first-order chi connectivity index (χ1) is 9.62. The van der Waals surface area contributed by atoms with Crippen molar-refractivity contribution in [2.75, 3.05) is 20.8 Å². The number of benzene rings is 1. The highest BCUT2D eigenvalue weighted by Crippen LogP contribution is 2.31. The molecule has 0 saturated carbocycles. The summed E-state index contributed by atoms with van der Waals surface area (Å²) < 4.78 is 12.9. The van der Waals surface area contributed by atoms with Gasteiger partial charge in [0.05, 0.1) is 14.2 Å². The van der Waals surface area contributed by atoms with Crippen LogP contribution in [0, 0.1) is 13.8 Å². The van der Waals surface area contributed by atoms with Crippen molar-refractivity contribution in [1.29, 1.82) is 0 Å². The van der Waals surface area contributed by atoms with E-state index in [1.54, 1.807) is 14.2 Å². The van der Waals surface area contributed by atoms with Gasteiger partial charge in [-0.25, -0.2) is 0 Å². The van der Waals surface area contributed by atoms with E-state index in [2.05, 4.69) is 24.5 Å². The Labute approximate surface area is 120 Å². The molecule has 2 N–H and O–H groups in total. The molecule has 0 amide bonds. The number of aryl methyl sites for hydroxylation is 1. The third-order valence-corrected chi connectivity index (χ3v) is 3.57. The van der Waals surface area contributed by atoms with Crippen LogP contribution in [0.3, 0.4) is 0 Å². The fourth-order valence-electron chi connectivity index (χ4n) is 2.60. The van der Waals surface area contributed by atoms with Crippen LogP contribution < -0.4 is 15.2 Å². The van der Waals surface area contributed by atoms with Gasteiger partial charge in [0.2, 0.25) is 0 Å². The second-order valence-corrected chi connectivity index (χ2v) is 4.81. The molecule has 108 valence electrons. The molecule has 2 aromatic rings. The predicted molar refractivity (Wildman–Crippen MR) is 81.1 cm³/mol. The van der Waals surface area contributed by atoms with Crippen LogP contribution in [0.5, 0.6) is 11.5 Å². The Morgan fingerprint density at radius 1 is 1.05 bits per heavy atom. The van der Waals surface area contributed by atoms with Crippen LogP contribution in [-0.4, -0.2) is 25.3 Å². The first-order valence-electron chi connectivity index (χ1n) is 6.72. The van der Waals surface area contributed by atoms with Crippen LogP contribution in [0.1, 0.15) is 17.0 Å². The summed E-state index contributed by atoms with van der Waals surface area (Å²) in [4.78, 5) is 0. The molecule has 0 aliphatic rings. The quantitative estimate of drug-likeness (QED) is 0.911. The van der Waals surface area contributed by atoms with Crippen molar-refractivity contribution < 1.29 is 9.47 Å². The first-order valence-corrected chi connectivity index (χ1v) is 6.72. The van der Waals surface area contributed by atoms with Crippen molar-refractivity contribution >= 4 is 0 Å². The molecule has 0 unspecified atom stereocenters. The maximum Gasteiger partial charge on any atom is 0.162 e. The standard InChI is InChI=1S/C16H22N2O2/c1-11-9-13(7-8-17)12(2)18(11)14-5-6-15(19-3)16(10-14)20-4/h5-6,9-10H,7-8,17H2,1-4H3. The summed E-state index contributed by atoms with van der Waals surface area (Å²) in [7, 11) is 3.29. The maximum absolute atomic E-state index is 5.67. The van der Waals surface area contributed by atoms with Crippen molar-refractivity contribution in [3.8, 4) is 17.2 Å². The van der Waals surface area contributed by atoms with E-state index in [0.717, 1.165) is 23.6 Å². The van der Waals surface area contributed by atoms with Gasteiger partial charge in [0, 0.05) is 23.1 Å². The van der Waals surface area contributed by atoms with Crippen LogP contribution in [0.25, 0.3) is 5.69 Å². The van der Waals surface area contributed by atoms with Crippen molar-refractivity contribution in [3.05, 3.63) is 41.2 Å². The zero-order chi connectivity index (χ0) is 14.7. The van der Waals surface area contributed by atoms with Crippen LogP contribution in [0.2, 0.25) is 0 Å². The lowest BCUT2D eigenvalue weighted by Gasteiger charge is -2.13. The normalized spacial score (nSPS) is 10.7. The van der Waals surface area contributed by atoms with Crippen LogP contribution in [-0.2, 0) is 6.42 Å². The van der Waals surface area contributed by atoms with Gasteiger partial charge in [0.25, 0.3) is 0 Å². The van der Waals surface area contributed by atoms with Crippen LogP contribution >= 0.6 is 0 Å². The summed E-state index contributed by atoms with van der Waals surface area (Å²) in [5, 5.41) is 0. The highest BCUT2D eigenvalue weighted by Gasteiger charge is 2.12. The predicted octanol–water partition coefficient (Wildman–Crippen LogP) is 2.61. The molecular formula is C16H22N2O2. The second-order valence-electron chi connectivity index (χ2n) is 4.81. The Bertz CT molecular complexity index is 603. The Morgan fingerprint density at radius 3 is 2.35 bits per heavy atom. The molecule has 1 heterocycles. The zero-order valence-electron chi connectivity index (χ0n) is 12.6. The molecule has 1 aromatic heterocycles. The van der Waals surface area contributed by atoms with Gasteiger partial charge in [-0.15, -0.1) is 0 Å². The van der Waals surface area contributed by atoms with E-state index in [0.29, 0.717) is 6.54 Å². The van der Waals surface area contributed by atoms with Crippen molar-refractivity contribution in [3.63, 3.8) is 0 Å². The largest absolute Gasteiger partial charge is 0.493 e. The van der Waals surface area contributed by atoms with E-state index in [1.165, 1.54) is 17.0 Å². The van der Waals surface area contributed by atoms with E-state index in [4.69, 9.17) is 15.2 Å². The minimum absolute atomic E-state index is 0.663. The second kappa shape index (κ2) is 6.01. The molecule has 0 radical (unpaired) electrons. The average molecular weight is 274 g/mol. The Kier molecular flexibility index (Phi) is 4.35. The minimum atomic E-state index is 0.663. The van der Waals surface area contributed by atoms with Gasteiger partial charge in [0.1, 0.15) is 0 Å². The number of aromatic nitrogens is 1. The number of ether oxygens (including phenoxy) is 2. The highest BCUT2D eigenvalue weighted by atomic mass is 16.5. The Hall–Kier alpha value is -1.94. The summed E-state index contributed by atoms with van der Waals surface area (Å²) in [5.74, 6) is 1.47. The van der Waals surface area contributed by atoms with E-state index >= 15 is 0 Å². The summed E-state index contributed by atoms with van der Waals surface area (Å²) in [6.07, 6.45) is 0.896. The van der Waals surface area contributed by atoms with Gasteiger partial charge < -0.3 is 19.8 Å². The summed E-state index contributed by atoms with van der Waals surface area (Å²) >= 11 is 0. The van der Waals surface area contributed by atoms with Crippen molar-refractivity contribution in [2.24, 2.45) is 5.73 Å². The number of rotatable bonds is 5. The van der Waals surface area contributed by atoms with E-state index < -0.39 is 0 Å². The molecule has 0 saturated heterocycles. The smallest absolute Gasteiger partial charge is 0.162 e. The van der Waals surface area contributed by atoms with Gasteiger partial charge in [-0.05, 0) is 50.6 Å². The summed E-state index contributed by atoms with van der Waals surface area (Å²) in [6, 6.07) is 8.15. The molecule has 0 aliphatic carbocycles. The molecule has 1 aromatic carbocycles. The zero-order valence-corrected chi connectivity index (χ0v) is 12.6. The fraction of sp³-hybridized carbons (Fsp3) is 0.375. The van der Waals surface area contributed by atoms with Gasteiger partial charge >= 0.3 is 0 Å². The molecule has 0 spiro atoms. The molecule has 4 heteroatoms. The minimum Gasteiger partial charge on any atom is -0.493 e. The molecule has 20 heavy (non-hydrogen) atoms. The maximum atomic E-state index is 5.67. The molecule has 0 aliphatic heterocycles. The third-order valence-electron chi connectivity index (χ3n) is 3.57. The van der Waals surface area contributed by atoms with Crippen LogP contribution in [0.15, 0.2) is 24.3 Å². The Morgan fingerprint density at radius 2 is 1.75 bits per heavy atom. The molecule has 0 bridgehead atoms. The molecule has 0 fully saturated rings. The van der Waals surface area contributed by atoms with Gasteiger partial charge in [0.15, 0.2) is 11.5 Å². The molecule has 4 nitrogen and oxygen atoms in total. The molecule has 2 rings (SSSR count). The van der Waals surface area contributed by atoms with Gasteiger partial charge in [-0.3, -0.25) is 0 Å². The lowest BCUT2D eigenvalue weighted by atomic mass is 10.2. The lowest BCUT2D eigenvalue weighted by Crippen LogP contribution is -2.05. The van der Waals surface area contributed by atoms with E-state index in [1.807, 2.05) is 18.2 Å². The number of hydrogen-bond donors (Lipinski definition) is 1. The number of methoxy groups -OCH3 is 2. The molecule has 0 atom stereocenters. The topological polar surface area (TPSA) is 49.4 Å². The number of nitrogens with two attached hydrogens (primary N) is 1. The Balaban J connectivity index is 2.51. The summed E-state index contributed by atoms with van der Waals surface area (Å²) in [6.45, 7) is 4.88. The van der Waals surface area contributed by atoms with Crippen molar-refractivity contribution in [1.82, 2.24) is 4.57 Å². The lowest BCUT2D eigenvalue weighted by molar-refractivity contribution is 0.355. The SMILES string of the molecule is COc1ccc(-n2c(C)cc(CCN)c2C)cc1OC.